The Kier molecular flexibility index (Phi) is 4.68. The first-order chi connectivity index (χ1) is 8.55. The van der Waals surface area contributed by atoms with Crippen molar-refractivity contribution < 1.29 is 9.84 Å². The zero-order valence-corrected chi connectivity index (χ0v) is 12.0. The Hall–Kier alpha value is -0.120. The van der Waals surface area contributed by atoms with Gasteiger partial charge in [-0.1, -0.05) is 26.2 Å². The largest absolute Gasteiger partial charge is 0.389 e. The molecule has 2 fully saturated rings. The van der Waals surface area contributed by atoms with Gasteiger partial charge in [-0.3, -0.25) is 0 Å². The fraction of sp³-hybridized carbons (Fsp3) is 1.00. The molecule has 0 bridgehead atoms. The van der Waals surface area contributed by atoms with Crippen molar-refractivity contribution in [3.8, 4) is 0 Å². The van der Waals surface area contributed by atoms with Crippen molar-refractivity contribution >= 4 is 0 Å². The maximum Gasteiger partial charge on any atom is 0.0743 e. The van der Waals surface area contributed by atoms with Crippen LogP contribution in [0.1, 0.15) is 65.2 Å². The van der Waals surface area contributed by atoms with Crippen molar-refractivity contribution in [3.63, 3.8) is 0 Å². The highest BCUT2D eigenvalue weighted by Gasteiger charge is 2.41. The van der Waals surface area contributed by atoms with Crippen molar-refractivity contribution in [3.05, 3.63) is 0 Å². The molecular weight excluding hydrogens is 226 g/mol. The number of rotatable bonds is 6. The molecule has 3 heteroatoms. The van der Waals surface area contributed by atoms with Crippen molar-refractivity contribution in [2.24, 2.45) is 0 Å². The van der Waals surface area contributed by atoms with E-state index in [0.29, 0.717) is 12.6 Å². The quantitative estimate of drug-likeness (QED) is 0.766. The number of hydrogen-bond donors (Lipinski definition) is 2. The Morgan fingerprint density at radius 2 is 2.06 bits per heavy atom. The summed E-state index contributed by atoms with van der Waals surface area (Å²) in [4.78, 5) is 0. The summed E-state index contributed by atoms with van der Waals surface area (Å²) in [6.45, 7) is 5.59. The summed E-state index contributed by atoms with van der Waals surface area (Å²) in [5, 5.41) is 13.5. The van der Waals surface area contributed by atoms with Gasteiger partial charge in [0.05, 0.1) is 17.3 Å². The molecule has 1 spiro atoms. The van der Waals surface area contributed by atoms with Gasteiger partial charge in [0.15, 0.2) is 0 Å². The van der Waals surface area contributed by atoms with E-state index in [2.05, 4.69) is 12.2 Å². The molecule has 2 N–H and O–H groups in total. The Morgan fingerprint density at radius 1 is 1.33 bits per heavy atom. The van der Waals surface area contributed by atoms with Crippen molar-refractivity contribution in [2.45, 2.75) is 82.5 Å². The minimum Gasteiger partial charge on any atom is -0.389 e. The molecule has 0 aromatic carbocycles. The van der Waals surface area contributed by atoms with E-state index in [0.717, 1.165) is 19.4 Å². The van der Waals surface area contributed by atoms with Gasteiger partial charge < -0.3 is 15.2 Å². The molecule has 2 atom stereocenters. The number of ether oxygens (including phenoxy) is 1. The lowest BCUT2D eigenvalue weighted by Gasteiger charge is -2.26. The van der Waals surface area contributed by atoms with Gasteiger partial charge >= 0.3 is 0 Å². The van der Waals surface area contributed by atoms with Crippen LogP contribution in [0.2, 0.25) is 0 Å². The molecule has 3 nitrogen and oxygen atoms in total. The third-order valence-electron chi connectivity index (χ3n) is 4.52. The zero-order chi connectivity index (χ0) is 13.1. The molecule has 0 aromatic heterocycles. The lowest BCUT2D eigenvalue weighted by Crippen LogP contribution is -2.41. The second kappa shape index (κ2) is 5.89. The summed E-state index contributed by atoms with van der Waals surface area (Å²) >= 11 is 0. The van der Waals surface area contributed by atoms with Crippen LogP contribution in [0.5, 0.6) is 0 Å². The molecule has 2 rings (SSSR count). The average Bonchev–Trinajstić information content (AvgIpc) is 2.90. The van der Waals surface area contributed by atoms with Crippen molar-refractivity contribution in [1.29, 1.82) is 0 Å². The van der Waals surface area contributed by atoms with Crippen molar-refractivity contribution in [1.82, 2.24) is 5.32 Å². The van der Waals surface area contributed by atoms with E-state index < -0.39 is 5.60 Å². The highest BCUT2D eigenvalue weighted by Crippen LogP contribution is 2.43. The summed E-state index contributed by atoms with van der Waals surface area (Å²) in [6.07, 6.45) is 9.87. The monoisotopic (exact) mass is 255 g/mol. The molecule has 2 aliphatic rings. The van der Waals surface area contributed by atoms with Crippen molar-refractivity contribution in [2.75, 3.05) is 13.1 Å². The second-order valence-corrected chi connectivity index (χ2v) is 6.55. The van der Waals surface area contributed by atoms with Crippen LogP contribution in [0.4, 0.5) is 0 Å². The lowest BCUT2D eigenvalue weighted by molar-refractivity contribution is -0.0373. The standard InChI is InChI=1S/C15H29NO2/c1-3-7-14(2,17)12-16-11-13-6-10-15(18-13)8-4-5-9-15/h13,16-17H,3-12H2,1-2H3. The van der Waals surface area contributed by atoms with E-state index in [4.69, 9.17) is 4.74 Å². The van der Waals surface area contributed by atoms with Gasteiger partial charge in [0.2, 0.25) is 0 Å². The average molecular weight is 255 g/mol. The van der Waals surface area contributed by atoms with Gasteiger partial charge in [-0.15, -0.1) is 0 Å². The summed E-state index contributed by atoms with van der Waals surface area (Å²) in [5.74, 6) is 0. The molecule has 1 saturated carbocycles. The molecule has 106 valence electrons. The third-order valence-corrected chi connectivity index (χ3v) is 4.52. The normalized spacial score (nSPS) is 29.8. The fourth-order valence-corrected chi connectivity index (χ4v) is 3.56. The Labute approximate surface area is 111 Å². The van der Waals surface area contributed by atoms with Crippen LogP contribution >= 0.6 is 0 Å². The van der Waals surface area contributed by atoms with Gasteiger partial charge in [0, 0.05) is 13.1 Å². The summed E-state index contributed by atoms with van der Waals surface area (Å²) in [5.41, 5.74) is -0.337. The molecule has 18 heavy (non-hydrogen) atoms. The van der Waals surface area contributed by atoms with E-state index in [-0.39, 0.29) is 5.60 Å². The number of nitrogens with one attached hydrogen (secondary N) is 1. The van der Waals surface area contributed by atoms with Gasteiger partial charge in [-0.05, 0) is 39.0 Å². The summed E-state index contributed by atoms with van der Waals surface area (Å²) < 4.78 is 6.24. The van der Waals surface area contributed by atoms with E-state index in [1.165, 1.54) is 38.5 Å². The van der Waals surface area contributed by atoms with E-state index in [1.807, 2.05) is 6.92 Å². The fourth-order valence-electron chi connectivity index (χ4n) is 3.56. The summed E-state index contributed by atoms with van der Waals surface area (Å²) in [7, 11) is 0. The van der Waals surface area contributed by atoms with Gasteiger partial charge in [-0.25, -0.2) is 0 Å². The Balaban J connectivity index is 1.66. The van der Waals surface area contributed by atoms with E-state index in [9.17, 15) is 5.11 Å². The first-order valence-corrected chi connectivity index (χ1v) is 7.66. The van der Waals surface area contributed by atoms with Gasteiger partial charge in [-0.2, -0.15) is 0 Å². The second-order valence-electron chi connectivity index (χ2n) is 6.55. The highest BCUT2D eigenvalue weighted by atomic mass is 16.5. The van der Waals surface area contributed by atoms with Crippen LogP contribution in [-0.2, 0) is 4.74 Å². The molecule has 0 amide bonds. The Bertz CT molecular complexity index is 259. The molecule has 0 radical (unpaired) electrons. The zero-order valence-electron chi connectivity index (χ0n) is 12.0. The molecular formula is C15H29NO2. The summed E-state index contributed by atoms with van der Waals surface area (Å²) in [6, 6.07) is 0. The van der Waals surface area contributed by atoms with Gasteiger partial charge in [0.25, 0.3) is 0 Å². The van der Waals surface area contributed by atoms with Crippen LogP contribution in [0.15, 0.2) is 0 Å². The smallest absolute Gasteiger partial charge is 0.0743 e. The molecule has 1 saturated heterocycles. The Morgan fingerprint density at radius 3 is 2.72 bits per heavy atom. The number of aliphatic hydroxyl groups is 1. The lowest BCUT2D eigenvalue weighted by atomic mass is 9.98. The van der Waals surface area contributed by atoms with Gasteiger partial charge in [0.1, 0.15) is 0 Å². The molecule has 1 heterocycles. The SMILES string of the molecule is CCCC(C)(O)CNCC1CCC2(CCCC2)O1. The van der Waals surface area contributed by atoms with Crippen LogP contribution in [-0.4, -0.2) is 35.5 Å². The molecule has 2 unspecified atom stereocenters. The van der Waals surface area contributed by atoms with Crippen LogP contribution in [0, 0.1) is 0 Å². The van der Waals surface area contributed by atoms with Crippen LogP contribution < -0.4 is 5.32 Å². The highest BCUT2D eigenvalue weighted by molar-refractivity contribution is 4.93. The predicted molar refractivity (Wildman–Crippen MR) is 73.7 cm³/mol. The van der Waals surface area contributed by atoms with Crippen LogP contribution in [0.25, 0.3) is 0 Å². The first-order valence-electron chi connectivity index (χ1n) is 7.66. The van der Waals surface area contributed by atoms with E-state index >= 15 is 0 Å². The molecule has 1 aliphatic carbocycles. The predicted octanol–water partition coefficient (Wildman–Crippen LogP) is 2.62. The topological polar surface area (TPSA) is 41.5 Å². The molecule has 0 aromatic rings. The number of hydrogen-bond acceptors (Lipinski definition) is 3. The maximum atomic E-state index is 10.1. The first kappa shape index (κ1) is 14.3. The molecule has 1 aliphatic heterocycles. The third kappa shape index (κ3) is 3.69. The minimum absolute atomic E-state index is 0.234. The van der Waals surface area contributed by atoms with E-state index in [1.54, 1.807) is 0 Å². The minimum atomic E-state index is -0.571. The van der Waals surface area contributed by atoms with Crippen LogP contribution in [0.3, 0.4) is 0 Å². The maximum absolute atomic E-state index is 10.1.